The lowest BCUT2D eigenvalue weighted by atomic mass is 10.1. The van der Waals surface area contributed by atoms with E-state index in [1.807, 2.05) is 0 Å². The van der Waals surface area contributed by atoms with Gasteiger partial charge in [-0.25, -0.2) is 4.39 Å². The van der Waals surface area contributed by atoms with E-state index < -0.39 is 6.67 Å². The number of hydrogen-bond donors (Lipinski definition) is 1. The maximum atomic E-state index is 13.2. The first kappa shape index (κ1) is 19.9. The summed E-state index contributed by atoms with van der Waals surface area (Å²) < 4.78 is 19.2. The van der Waals surface area contributed by atoms with Gasteiger partial charge in [-0.05, 0) is 55.0 Å². The lowest BCUT2D eigenvalue weighted by Crippen LogP contribution is -2.27. The van der Waals surface area contributed by atoms with Gasteiger partial charge in [-0.3, -0.25) is 14.2 Å². The molecular formula is C21H20ClFN2O3. The fraction of sp³-hybridized carbons (Fsp3) is 0.238. The molecule has 1 aromatic heterocycles. The second-order valence-corrected chi connectivity index (χ2v) is 6.75. The van der Waals surface area contributed by atoms with Crippen molar-refractivity contribution in [1.82, 2.24) is 9.88 Å². The number of benzene rings is 2. The average Bonchev–Trinajstić information content (AvgIpc) is 2.97. The van der Waals surface area contributed by atoms with E-state index in [1.54, 1.807) is 61.1 Å². The molecule has 2 aromatic carbocycles. The van der Waals surface area contributed by atoms with E-state index in [4.69, 9.17) is 16.3 Å². The lowest BCUT2D eigenvalue weighted by Gasteiger charge is -2.08. The first-order chi connectivity index (χ1) is 13.5. The number of aromatic nitrogens is 1. The molecule has 3 rings (SSSR count). The van der Waals surface area contributed by atoms with Gasteiger partial charge >= 0.3 is 0 Å². The van der Waals surface area contributed by atoms with Crippen molar-refractivity contribution < 1.29 is 18.7 Å². The second-order valence-electron chi connectivity index (χ2n) is 6.31. The molecule has 0 aliphatic heterocycles. The van der Waals surface area contributed by atoms with Crippen LogP contribution in [0.5, 0.6) is 5.75 Å². The summed E-state index contributed by atoms with van der Waals surface area (Å²) in [6.45, 7) is 1.12. The largest absolute Gasteiger partial charge is 0.497 e. The monoisotopic (exact) mass is 402 g/mol. The number of carbonyl (C=O) groups excluding carboxylic acids is 2. The SMILES string of the molecule is COc1ccc2c(c1)c(CC(=O)NCCF)c(C)n2C(=O)c1ccc(Cl)cc1. The van der Waals surface area contributed by atoms with Crippen molar-refractivity contribution in [3.63, 3.8) is 0 Å². The number of hydrogen-bond acceptors (Lipinski definition) is 3. The predicted octanol–water partition coefficient (Wildman–Crippen LogP) is 3.93. The van der Waals surface area contributed by atoms with Crippen LogP contribution in [0, 0.1) is 6.92 Å². The van der Waals surface area contributed by atoms with Gasteiger partial charge in [0.05, 0.1) is 19.0 Å². The van der Waals surface area contributed by atoms with Crippen LogP contribution in [0.4, 0.5) is 4.39 Å². The van der Waals surface area contributed by atoms with E-state index in [0.29, 0.717) is 33.1 Å². The van der Waals surface area contributed by atoms with E-state index in [9.17, 15) is 14.0 Å². The van der Waals surface area contributed by atoms with Crippen molar-refractivity contribution in [2.75, 3.05) is 20.3 Å². The standard InChI is InChI=1S/C21H20ClFN2O3/c1-13-17(12-20(26)24-10-9-23)18-11-16(28-2)7-8-19(18)25(13)21(27)14-3-5-15(22)6-4-14/h3-8,11H,9-10,12H2,1-2H3,(H,24,26). The van der Waals surface area contributed by atoms with Crippen molar-refractivity contribution >= 4 is 34.3 Å². The van der Waals surface area contributed by atoms with Crippen LogP contribution in [0.2, 0.25) is 5.02 Å². The fourth-order valence-electron chi connectivity index (χ4n) is 3.21. The molecule has 0 unspecified atom stereocenters. The fourth-order valence-corrected chi connectivity index (χ4v) is 3.33. The van der Waals surface area contributed by atoms with Gasteiger partial charge in [0, 0.05) is 28.2 Å². The zero-order chi connectivity index (χ0) is 20.3. The molecule has 1 N–H and O–H groups in total. The van der Waals surface area contributed by atoms with Crippen LogP contribution in [-0.2, 0) is 11.2 Å². The molecule has 0 atom stereocenters. The molecule has 0 saturated carbocycles. The Morgan fingerprint density at radius 1 is 1.18 bits per heavy atom. The zero-order valence-electron chi connectivity index (χ0n) is 15.6. The van der Waals surface area contributed by atoms with Crippen molar-refractivity contribution in [2.24, 2.45) is 0 Å². The Hall–Kier alpha value is -2.86. The predicted molar refractivity (Wildman–Crippen MR) is 107 cm³/mol. The van der Waals surface area contributed by atoms with E-state index in [1.165, 1.54) is 0 Å². The summed E-state index contributed by atoms with van der Waals surface area (Å²) >= 11 is 5.92. The van der Waals surface area contributed by atoms with Gasteiger partial charge in [0.25, 0.3) is 5.91 Å². The van der Waals surface area contributed by atoms with Crippen LogP contribution in [0.15, 0.2) is 42.5 Å². The maximum Gasteiger partial charge on any atom is 0.262 e. The molecule has 0 fully saturated rings. The number of carbonyl (C=O) groups is 2. The highest BCUT2D eigenvalue weighted by molar-refractivity contribution is 6.30. The Bertz CT molecular complexity index is 1030. The minimum Gasteiger partial charge on any atom is -0.497 e. The van der Waals surface area contributed by atoms with Gasteiger partial charge in [-0.1, -0.05) is 11.6 Å². The van der Waals surface area contributed by atoms with E-state index in [-0.39, 0.29) is 24.8 Å². The van der Waals surface area contributed by atoms with Crippen molar-refractivity contribution in [2.45, 2.75) is 13.3 Å². The summed E-state index contributed by atoms with van der Waals surface area (Å²) in [7, 11) is 1.55. The van der Waals surface area contributed by atoms with Gasteiger partial charge in [-0.15, -0.1) is 0 Å². The van der Waals surface area contributed by atoms with Crippen LogP contribution >= 0.6 is 11.6 Å². The summed E-state index contributed by atoms with van der Waals surface area (Å²) in [5.74, 6) is 0.0929. The number of nitrogens with one attached hydrogen (secondary N) is 1. The Morgan fingerprint density at radius 2 is 1.89 bits per heavy atom. The van der Waals surface area contributed by atoms with Gasteiger partial charge in [0.15, 0.2) is 0 Å². The van der Waals surface area contributed by atoms with Gasteiger partial charge in [0.1, 0.15) is 12.4 Å². The minimum atomic E-state index is -0.630. The van der Waals surface area contributed by atoms with E-state index in [2.05, 4.69) is 5.32 Å². The van der Waals surface area contributed by atoms with Gasteiger partial charge in [-0.2, -0.15) is 0 Å². The Kier molecular flexibility index (Phi) is 5.99. The van der Waals surface area contributed by atoms with E-state index in [0.717, 1.165) is 5.39 Å². The summed E-state index contributed by atoms with van der Waals surface area (Å²) in [4.78, 5) is 25.3. The number of nitrogens with zero attached hydrogens (tertiary/aromatic N) is 1. The number of fused-ring (bicyclic) bond motifs is 1. The number of amides is 1. The third-order valence-corrected chi connectivity index (χ3v) is 4.84. The first-order valence-corrected chi connectivity index (χ1v) is 9.15. The van der Waals surface area contributed by atoms with Gasteiger partial charge in [0.2, 0.25) is 5.91 Å². The Morgan fingerprint density at radius 3 is 2.54 bits per heavy atom. The van der Waals surface area contributed by atoms with Gasteiger partial charge < -0.3 is 10.1 Å². The molecule has 0 saturated heterocycles. The Labute approximate surface area is 167 Å². The third-order valence-electron chi connectivity index (χ3n) is 4.59. The maximum absolute atomic E-state index is 13.2. The molecular weight excluding hydrogens is 383 g/mol. The van der Waals surface area contributed by atoms with Crippen molar-refractivity contribution in [1.29, 1.82) is 0 Å². The number of ether oxygens (including phenoxy) is 1. The average molecular weight is 403 g/mol. The molecule has 5 nitrogen and oxygen atoms in total. The minimum absolute atomic E-state index is 0.0381. The quantitative estimate of drug-likeness (QED) is 0.679. The third kappa shape index (κ3) is 3.87. The van der Waals surface area contributed by atoms with Crippen LogP contribution < -0.4 is 10.1 Å². The van der Waals surface area contributed by atoms with Crippen LogP contribution in [0.25, 0.3) is 10.9 Å². The zero-order valence-corrected chi connectivity index (χ0v) is 16.3. The molecule has 0 aliphatic carbocycles. The molecule has 0 spiro atoms. The number of halogens is 2. The Balaban J connectivity index is 2.12. The summed E-state index contributed by atoms with van der Waals surface area (Å²) in [5.41, 5.74) is 2.51. The topological polar surface area (TPSA) is 60.3 Å². The van der Waals surface area contributed by atoms with E-state index >= 15 is 0 Å². The number of alkyl halides is 1. The highest BCUT2D eigenvalue weighted by atomic mass is 35.5. The molecule has 0 radical (unpaired) electrons. The highest BCUT2D eigenvalue weighted by Gasteiger charge is 2.22. The molecule has 0 aliphatic rings. The first-order valence-electron chi connectivity index (χ1n) is 8.77. The molecule has 3 aromatic rings. The van der Waals surface area contributed by atoms with Crippen molar-refractivity contribution in [3.05, 3.63) is 64.3 Å². The molecule has 0 bridgehead atoms. The highest BCUT2D eigenvalue weighted by Crippen LogP contribution is 2.30. The second kappa shape index (κ2) is 8.44. The van der Waals surface area contributed by atoms with Crippen LogP contribution in [0.1, 0.15) is 21.6 Å². The summed E-state index contributed by atoms with van der Waals surface area (Å²) in [6, 6.07) is 12.0. The summed E-state index contributed by atoms with van der Waals surface area (Å²) in [5, 5.41) is 3.81. The molecule has 1 amide bonds. The van der Waals surface area contributed by atoms with Crippen molar-refractivity contribution in [3.8, 4) is 5.75 Å². The molecule has 28 heavy (non-hydrogen) atoms. The normalized spacial score (nSPS) is 10.9. The molecule has 7 heteroatoms. The smallest absolute Gasteiger partial charge is 0.262 e. The number of rotatable bonds is 6. The van der Waals surface area contributed by atoms with Crippen LogP contribution in [-0.4, -0.2) is 36.7 Å². The molecule has 146 valence electrons. The summed E-state index contributed by atoms with van der Waals surface area (Å²) in [6.07, 6.45) is 0.0381. The lowest BCUT2D eigenvalue weighted by molar-refractivity contribution is -0.120. The molecule has 1 heterocycles. The van der Waals surface area contributed by atoms with Crippen LogP contribution in [0.3, 0.4) is 0 Å². The number of methoxy groups -OCH3 is 1.